The molecule has 6 aromatic rings. The molecule has 3 heterocycles. The molecule has 0 atom stereocenters. The maximum absolute atomic E-state index is 13.7. The molecule has 0 bridgehead atoms. The van der Waals surface area contributed by atoms with E-state index in [1.807, 2.05) is 0 Å². The van der Waals surface area contributed by atoms with E-state index in [0.29, 0.717) is 4.88 Å². The third-order valence-corrected chi connectivity index (χ3v) is 8.39. The molecule has 6 rings (SSSR count). The first kappa shape index (κ1) is 42.7. The summed E-state index contributed by atoms with van der Waals surface area (Å²) in [7, 11) is 0. The van der Waals surface area contributed by atoms with Crippen LogP contribution < -0.4 is 10.6 Å². The molecule has 2 N–H and O–H groups in total. The van der Waals surface area contributed by atoms with Crippen molar-refractivity contribution in [1.82, 2.24) is 29.5 Å². The Bertz CT molecular complexity index is 2370. The van der Waals surface area contributed by atoms with Gasteiger partial charge >= 0.3 is 24.7 Å². The largest absolute Gasteiger partial charge is 0.452 e. The molecule has 3 aromatic carbocycles. The number of alkyl halides is 12. The van der Waals surface area contributed by atoms with Gasteiger partial charge in [-0.15, -0.1) is 31.7 Å². The quantitative estimate of drug-likeness (QED) is 0.161. The number of rotatable bonds is 6. The first-order chi connectivity index (χ1) is 26.9. The van der Waals surface area contributed by atoms with Gasteiger partial charge in [-0.2, -0.15) is 52.7 Å². The molecular weight excluding hydrogens is 838 g/mol. The number of benzene rings is 3. The van der Waals surface area contributed by atoms with E-state index in [1.54, 1.807) is 18.4 Å². The number of anilines is 2. The van der Waals surface area contributed by atoms with Crippen LogP contribution in [0.2, 0.25) is 0 Å². The van der Waals surface area contributed by atoms with Crippen LogP contribution in [0.3, 0.4) is 0 Å². The molecule has 0 unspecified atom stereocenters. The average Bonchev–Trinajstić information content (AvgIpc) is 3.89. The lowest BCUT2D eigenvalue weighted by Crippen LogP contribution is -2.19. The zero-order valence-corrected chi connectivity index (χ0v) is 29.0. The van der Waals surface area contributed by atoms with Gasteiger partial charge in [0, 0.05) is 22.7 Å². The predicted molar refractivity (Wildman–Crippen MR) is 174 cm³/mol. The summed E-state index contributed by atoms with van der Waals surface area (Å²) >= 11 is 1.20. The number of hydrogen-bond donors (Lipinski definition) is 2. The predicted octanol–water partition coefficient (Wildman–Crippen LogP) is 9.76. The molecule has 0 radical (unpaired) electrons. The molecule has 0 saturated heterocycles. The van der Waals surface area contributed by atoms with Gasteiger partial charge in [0.25, 0.3) is 11.8 Å². The van der Waals surface area contributed by atoms with Crippen LogP contribution in [0.5, 0.6) is 0 Å². The molecule has 0 saturated carbocycles. The van der Waals surface area contributed by atoms with E-state index in [0.717, 1.165) is 60.2 Å². The van der Waals surface area contributed by atoms with Crippen molar-refractivity contribution in [3.63, 3.8) is 0 Å². The lowest BCUT2D eigenvalue weighted by molar-refractivity contribution is -0.154. The molecule has 0 aliphatic rings. The van der Waals surface area contributed by atoms with E-state index < -0.39 is 88.4 Å². The molecule has 25 heteroatoms. The van der Waals surface area contributed by atoms with Crippen LogP contribution >= 0.6 is 11.3 Å². The van der Waals surface area contributed by atoms with Gasteiger partial charge in [0.15, 0.2) is 11.6 Å². The fourth-order valence-electron chi connectivity index (χ4n) is 4.85. The number of carbonyl (C=O) groups is 2. The molecule has 306 valence electrons. The van der Waals surface area contributed by atoms with E-state index in [4.69, 9.17) is 0 Å². The molecule has 0 spiro atoms. The van der Waals surface area contributed by atoms with Gasteiger partial charge in [-0.05, 0) is 84.6 Å². The molecular formula is C33H18F14N8O2S. The second kappa shape index (κ2) is 15.9. The number of thiophene rings is 1. The van der Waals surface area contributed by atoms with Gasteiger partial charge < -0.3 is 10.6 Å². The Morgan fingerprint density at radius 3 is 1.28 bits per heavy atom. The Morgan fingerprint density at radius 1 is 0.552 bits per heavy atom. The second-order valence-electron chi connectivity index (χ2n) is 11.4. The SMILES string of the molecule is Cc1ccsc1C(=O)Nc1ccc(-n2c(C(F)(F)F)nnc2C(F)(F)F)cc1.O=C(Nc1ccc(-n2c(C(F)(F)F)nnc2C(F)(F)F)cc1)c1cccc(F)c1F. The fourth-order valence-corrected chi connectivity index (χ4v) is 5.67. The van der Waals surface area contributed by atoms with Gasteiger partial charge in [-0.1, -0.05) is 6.07 Å². The monoisotopic (exact) mass is 856 g/mol. The number of aromatic nitrogens is 6. The first-order valence-corrected chi connectivity index (χ1v) is 16.3. The van der Waals surface area contributed by atoms with Crippen molar-refractivity contribution in [2.24, 2.45) is 0 Å². The zero-order chi connectivity index (χ0) is 43.0. The molecule has 10 nitrogen and oxygen atoms in total. The Morgan fingerprint density at radius 2 is 0.931 bits per heavy atom. The number of nitrogens with one attached hydrogen (secondary N) is 2. The van der Waals surface area contributed by atoms with Crippen molar-refractivity contribution in [2.75, 3.05) is 10.6 Å². The summed E-state index contributed by atoms with van der Waals surface area (Å²) in [5.41, 5.74) is -0.825. The van der Waals surface area contributed by atoms with E-state index in [-0.39, 0.29) is 20.5 Å². The van der Waals surface area contributed by atoms with Crippen molar-refractivity contribution in [3.8, 4) is 11.4 Å². The van der Waals surface area contributed by atoms with Crippen LogP contribution in [0.1, 0.15) is 48.9 Å². The minimum Gasteiger partial charge on any atom is -0.322 e. The number of hydrogen-bond acceptors (Lipinski definition) is 7. The molecule has 3 aromatic heterocycles. The van der Waals surface area contributed by atoms with Gasteiger partial charge in [-0.3, -0.25) is 18.7 Å². The summed E-state index contributed by atoms with van der Waals surface area (Å²) in [5, 5.41) is 16.9. The van der Waals surface area contributed by atoms with Crippen molar-refractivity contribution in [3.05, 3.63) is 129 Å². The van der Waals surface area contributed by atoms with Crippen LogP contribution in [0.25, 0.3) is 11.4 Å². The van der Waals surface area contributed by atoms with Crippen molar-refractivity contribution in [2.45, 2.75) is 31.6 Å². The highest BCUT2D eigenvalue weighted by atomic mass is 32.1. The van der Waals surface area contributed by atoms with Gasteiger partial charge in [0.2, 0.25) is 23.3 Å². The highest BCUT2D eigenvalue weighted by Gasteiger charge is 2.47. The summed E-state index contributed by atoms with van der Waals surface area (Å²) in [4.78, 5) is 24.6. The third kappa shape index (κ3) is 9.41. The number of halogens is 14. The van der Waals surface area contributed by atoms with Crippen LogP contribution in [0.4, 0.5) is 72.8 Å². The normalized spacial score (nSPS) is 12.2. The minimum atomic E-state index is -5.22. The van der Waals surface area contributed by atoms with Crippen LogP contribution in [0.15, 0.2) is 78.2 Å². The van der Waals surface area contributed by atoms with Crippen LogP contribution in [-0.2, 0) is 24.7 Å². The number of nitrogens with zero attached hydrogens (tertiary/aromatic N) is 6. The Balaban J connectivity index is 0.000000221. The summed E-state index contributed by atoms with van der Waals surface area (Å²) in [6.45, 7) is 1.73. The molecule has 0 fully saturated rings. The number of amides is 2. The summed E-state index contributed by atoms with van der Waals surface area (Å²) in [6, 6.07) is 12.6. The van der Waals surface area contributed by atoms with Crippen LogP contribution in [-0.4, -0.2) is 41.3 Å². The van der Waals surface area contributed by atoms with E-state index in [1.165, 1.54) is 23.5 Å². The maximum Gasteiger partial charge on any atom is 0.452 e. The Kier molecular flexibility index (Phi) is 11.7. The topological polar surface area (TPSA) is 120 Å². The van der Waals surface area contributed by atoms with Gasteiger partial charge in [0.1, 0.15) is 0 Å². The standard InChI is InChI=1S/C17H8F8N4O.C16H10F6N4OS/c18-11-3-1-2-10(12(11)19)13(30)26-8-4-6-9(7-5-8)29-14(16(20,21)22)27-28-15(29)17(23,24)25;1-8-6-7-28-11(8)12(27)23-9-2-4-10(5-3-9)26-13(15(17,18)19)24-25-14(26)16(20,21)22/h1-7H,(H,26,30);2-7H,1H3,(H,23,27). The average molecular weight is 857 g/mol. The smallest absolute Gasteiger partial charge is 0.322 e. The summed E-state index contributed by atoms with van der Waals surface area (Å²) in [5.74, 6) is -11.6. The van der Waals surface area contributed by atoms with Crippen molar-refractivity contribution >= 4 is 34.5 Å². The lowest BCUT2D eigenvalue weighted by Gasteiger charge is -2.14. The maximum atomic E-state index is 13.7. The second-order valence-corrected chi connectivity index (χ2v) is 12.3. The van der Waals surface area contributed by atoms with Gasteiger partial charge in [-0.25, -0.2) is 8.78 Å². The number of aryl methyl sites for hydroxylation is 1. The van der Waals surface area contributed by atoms with E-state index in [9.17, 15) is 71.1 Å². The van der Waals surface area contributed by atoms with Crippen molar-refractivity contribution in [1.29, 1.82) is 0 Å². The van der Waals surface area contributed by atoms with E-state index >= 15 is 0 Å². The lowest BCUT2D eigenvalue weighted by atomic mass is 10.2. The third-order valence-electron chi connectivity index (χ3n) is 7.37. The Hall–Kier alpha value is -6.40. The summed E-state index contributed by atoms with van der Waals surface area (Å²) < 4.78 is 183. The molecule has 2 amide bonds. The zero-order valence-electron chi connectivity index (χ0n) is 28.2. The van der Waals surface area contributed by atoms with E-state index in [2.05, 4.69) is 31.0 Å². The molecule has 0 aliphatic heterocycles. The Labute approximate surface area is 317 Å². The molecule has 0 aliphatic carbocycles. The number of carbonyl (C=O) groups excluding carboxylic acids is 2. The van der Waals surface area contributed by atoms with Crippen molar-refractivity contribution < 1.29 is 71.1 Å². The first-order valence-electron chi connectivity index (χ1n) is 15.4. The fraction of sp³-hybridized carbons (Fsp3) is 0.152. The molecule has 58 heavy (non-hydrogen) atoms. The highest BCUT2D eigenvalue weighted by molar-refractivity contribution is 7.12. The van der Waals surface area contributed by atoms with Crippen LogP contribution in [0, 0.1) is 18.6 Å². The minimum absolute atomic E-state index is 0.0948. The summed E-state index contributed by atoms with van der Waals surface area (Å²) in [6.07, 6.45) is -20.7. The van der Waals surface area contributed by atoms with Gasteiger partial charge in [0.05, 0.1) is 10.4 Å². The highest BCUT2D eigenvalue weighted by Crippen LogP contribution is 2.38.